The molecule has 0 radical (unpaired) electrons. The Morgan fingerprint density at radius 3 is 2.00 bits per heavy atom. The molecular weight excluding hydrogens is 432 g/mol. The highest BCUT2D eigenvalue weighted by atomic mass is 16.4. The van der Waals surface area contributed by atoms with Crippen LogP contribution in [0.5, 0.6) is 0 Å². The molecule has 1 fully saturated rings. The summed E-state index contributed by atoms with van der Waals surface area (Å²) in [6.07, 6.45) is 1.99. The monoisotopic (exact) mass is 470 g/mol. The zero-order chi connectivity index (χ0) is 25.1. The summed E-state index contributed by atoms with van der Waals surface area (Å²) in [4.78, 5) is 61.1. The Balaban J connectivity index is 3.00. The molecule has 6 unspecified atom stereocenters. The minimum absolute atomic E-state index is 0.217. The van der Waals surface area contributed by atoms with Crippen molar-refractivity contribution in [2.24, 2.45) is 11.8 Å². The van der Waals surface area contributed by atoms with Crippen molar-refractivity contribution in [1.29, 1.82) is 0 Å². The molecule has 1 heterocycles. The van der Waals surface area contributed by atoms with Crippen LogP contribution in [-0.2, 0) is 24.0 Å². The topological polar surface area (TPSA) is 174 Å². The maximum Gasteiger partial charge on any atom is 0.326 e. The van der Waals surface area contributed by atoms with Crippen molar-refractivity contribution in [2.45, 2.75) is 90.4 Å². The number of carboxylic acids is 2. The summed E-state index contributed by atoms with van der Waals surface area (Å²) in [6.45, 7) is 7.84. The molecule has 33 heavy (non-hydrogen) atoms. The molecule has 11 heteroatoms. The first-order valence-electron chi connectivity index (χ1n) is 11.6. The molecule has 188 valence electrons. The van der Waals surface area contributed by atoms with E-state index in [9.17, 15) is 29.1 Å². The lowest BCUT2D eigenvalue weighted by atomic mass is 9.96. The predicted octanol–water partition coefficient (Wildman–Crippen LogP) is 0.234. The van der Waals surface area contributed by atoms with E-state index in [0.29, 0.717) is 19.3 Å². The van der Waals surface area contributed by atoms with Crippen molar-refractivity contribution >= 4 is 29.7 Å². The van der Waals surface area contributed by atoms with E-state index in [2.05, 4.69) is 21.3 Å². The van der Waals surface area contributed by atoms with Gasteiger partial charge in [0.15, 0.2) is 0 Å². The number of hydrogen-bond acceptors (Lipinski definition) is 6. The second-order valence-electron chi connectivity index (χ2n) is 8.72. The van der Waals surface area contributed by atoms with Crippen molar-refractivity contribution in [3.05, 3.63) is 0 Å². The predicted molar refractivity (Wildman–Crippen MR) is 120 cm³/mol. The highest BCUT2D eigenvalue weighted by Gasteiger charge is 2.34. The molecule has 11 nitrogen and oxygen atoms in total. The van der Waals surface area contributed by atoms with E-state index >= 15 is 0 Å². The molecule has 1 rings (SSSR count). The van der Waals surface area contributed by atoms with Gasteiger partial charge in [0, 0.05) is 6.42 Å². The second kappa shape index (κ2) is 13.8. The first-order chi connectivity index (χ1) is 15.5. The molecule has 0 aliphatic carbocycles. The van der Waals surface area contributed by atoms with Crippen LogP contribution in [-0.4, -0.2) is 70.6 Å². The summed E-state index contributed by atoms with van der Waals surface area (Å²) < 4.78 is 0. The standard InChI is InChI=1S/C22H38N4O7/c1-5-12(3)17(25-19(29)14-8-7-11-23-14)21(31)24-15(9-10-16(27)28)20(30)26-18(22(32)33)13(4)6-2/h12-15,17-18,23H,5-11H2,1-4H3,(H,24,31)(H,25,29)(H,26,30)(H,27,28)(H,32,33). The van der Waals surface area contributed by atoms with Crippen molar-refractivity contribution in [3.8, 4) is 0 Å². The largest absolute Gasteiger partial charge is 0.481 e. The molecule has 0 bridgehead atoms. The van der Waals surface area contributed by atoms with Crippen LogP contribution in [0.15, 0.2) is 0 Å². The van der Waals surface area contributed by atoms with Gasteiger partial charge in [-0.25, -0.2) is 4.79 Å². The quantitative estimate of drug-likeness (QED) is 0.209. The van der Waals surface area contributed by atoms with Crippen LogP contribution in [0.2, 0.25) is 0 Å². The number of carbonyl (C=O) groups excluding carboxylic acids is 3. The van der Waals surface area contributed by atoms with Crippen LogP contribution >= 0.6 is 0 Å². The van der Waals surface area contributed by atoms with E-state index in [1.165, 1.54) is 0 Å². The van der Waals surface area contributed by atoms with Gasteiger partial charge < -0.3 is 31.5 Å². The number of nitrogens with one attached hydrogen (secondary N) is 4. The van der Waals surface area contributed by atoms with Gasteiger partial charge in [0.05, 0.1) is 6.04 Å². The van der Waals surface area contributed by atoms with Gasteiger partial charge in [0.2, 0.25) is 17.7 Å². The zero-order valence-corrected chi connectivity index (χ0v) is 19.8. The number of carbonyl (C=O) groups is 5. The highest BCUT2D eigenvalue weighted by molar-refractivity contribution is 5.94. The molecule has 0 spiro atoms. The van der Waals surface area contributed by atoms with Gasteiger partial charge in [-0.2, -0.15) is 0 Å². The van der Waals surface area contributed by atoms with Gasteiger partial charge in [-0.3, -0.25) is 19.2 Å². The number of carboxylic acid groups (broad SMARTS) is 2. The van der Waals surface area contributed by atoms with Crippen LogP contribution in [0.4, 0.5) is 0 Å². The first kappa shape index (κ1) is 28.3. The minimum Gasteiger partial charge on any atom is -0.481 e. The Labute approximate surface area is 194 Å². The average molecular weight is 471 g/mol. The first-order valence-corrected chi connectivity index (χ1v) is 11.6. The summed E-state index contributed by atoms with van der Waals surface area (Å²) in [7, 11) is 0. The fourth-order valence-corrected chi connectivity index (χ4v) is 3.60. The van der Waals surface area contributed by atoms with E-state index < -0.39 is 48.3 Å². The van der Waals surface area contributed by atoms with E-state index in [4.69, 9.17) is 5.11 Å². The lowest BCUT2D eigenvalue weighted by Gasteiger charge is -2.28. The number of amides is 3. The summed E-state index contributed by atoms with van der Waals surface area (Å²) in [5.41, 5.74) is 0. The third-order valence-corrected chi connectivity index (χ3v) is 6.23. The molecule has 1 saturated heterocycles. The molecule has 0 aromatic rings. The summed E-state index contributed by atoms with van der Waals surface area (Å²) in [6, 6.07) is -3.74. The normalized spacial score (nSPS) is 20.1. The maximum absolute atomic E-state index is 13.1. The van der Waals surface area contributed by atoms with Crippen LogP contribution in [0.25, 0.3) is 0 Å². The Kier molecular flexibility index (Phi) is 11.8. The second-order valence-corrected chi connectivity index (χ2v) is 8.72. The fourth-order valence-electron chi connectivity index (χ4n) is 3.60. The Morgan fingerprint density at radius 1 is 0.909 bits per heavy atom. The van der Waals surface area contributed by atoms with Crippen molar-refractivity contribution < 1.29 is 34.2 Å². The highest BCUT2D eigenvalue weighted by Crippen LogP contribution is 2.13. The molecule has 0 saturated carbocycles. The van der Waals surface area contributed by atoms with Crippen LogP contribution in [0, 0.1) is 11.8 Å². The molecule has 1 aliphatic heterocycles. The lowest BCUT2D eigenvalue weighted by Crippen LogP contribution is -2.59. The molecule has 1 aliphatic rings. The summed E-state index contributed by atoms with van der Waals surface area (Å²) in [5.74, 6) is -4.67. The molecule has 0 aromatic carbocycles. The maximum atomic E-state index is 13.1. The molecule has 3 amide bonds. The minimum atomic E-state index is -1.26. The van der Waals surface area contributed by atoms with E-state index in [1.54, 1.807) is 20.8 Å². The molecule has 6 atom stereocenters. The van der Waals surface area contributed by atoms with E-state index in [0.717, 1.165) is 13.0 Å². The third kappa shape index (κ3) is 8.99. The van der Waals surface area contributed by atoms with Crippen molar-refractivity contribution in [1.82, 2.24) is 21.3 Å². The molecular formula is C22H38N4O7. The average Bonchev–Trinajstić information content (AvgIpc) is 3.31. The summed E-state index contributed by atoms with van der Waals surface area (Å²) >= 11 is 0. The van der Waals surface area contributed by atoms with Gasteiger partial charge in [0.25, 0.3) is 0 Å². The number of rotatable bonds is 14. The zero-order valence-electron chi connectivity index (χ0n) is 19.8. The fraction of sp³-hybridized carbons (Fsp3) is 0.773. The van der Waals surface area contributed by atoms with Crippen molar-refractivity contribution in [2.75, 3.05) is 6.54 Å². The lowest BCUT2D eigenvalue weighted by molar-refractivity contribution is -0.144. The molecule has 0 aromatic heterocycles. The number of aliphatic carboxylic acids is 2. The van der Waals surface area contributed by atoms with E-state index in [-0.39, 0.29) is 30.2 Å². The Morgan fingerprint density at radius 2 is 1.52 bits per heavy atom. The van der Waals surface area contributed by atoms with Gasteiger partial charge in [-0.05, 0) is 37.6 Å². The Hall–Kier alpha value is -2.69. The van der Waals surface area contributed by atoms with Gasteiger partial charge in [-0.15, -0.1) is 0 Å². The SMILES string of the molecule is CCC(C)C(NC(=O)C(CCC(=O)O)NC(=O)C(NC(=O)C1CCCN1)C(C)CC)C(=O)O. The summed E-state index contributed by atoms with van der Waals surface area (Å²) in [5, 5.41) is 29.3. The Bertz CT molecular complexity index is 709. The van der Waals surface area contributed by atoms with Crippen molar-refractivity contribution in [3.63, 3.8) is 0 Å². The molecule has 6 N–H and O–H groups in total. The van der Waals surface area contributed by atoms with Gasteiger partial charge in [-0.1, -0.05) is 40.5 Å². The van der Waals surface area contributed by atoms with Crippen LogP contribution in [0.3, 0.4) is 0 Å². The number of hydrogen-bond donors (Lipinski definition) is 6. The van der Waals surface area contributed by atoms with Gasteiger partial charge >= 0.3 is 11.9 Å². The van der Waals surface area contributed by atoms with Crippen LogP contribution in [0.1, 0.15) is 66.2 Å². The van der Waals surface area contributed by atoms with Crippen LogP contribution < -0.4 is 21.3 Å². The van der Waals surface area contributed by atoms with Gasteiger partial charge in [0.1, 0.15) is 18.1 Å². The third-order valence-electron chi connectivity index (χ3n) is 6.23. The smallest absolute Gasteiger partial charge is 0.326 e. The van der Waals surface area contributed by atoms with E-state index in [1.807, 2.05) is 6.92 Å².